The molecule has 1 aromatic carbocycles. The minimum absolute atomic E-state index is 0.176. The van der Waals surface area contributed by atoms with Crippen LogP contribution in [0.2, 0.25) is 0 Å². The molecule has 4 heteroatoms. The third-order valence-corrected chi connectivity index (χ3v) is 2.93. The van der Waals surface area contributed by atoms with Crippen molar-refractivity contribution in [1.82, 2.24) is 16.2 Å². The van der Waals surface area contributed by atoms with Crippen molar-refractivity contribution >= 4 is 0 Å². The summed E-state index contributed by atoms with van der Waals surface area (Å²) in [5, 5.41) is 3.43. The zero-order chi connectivity index (χ0) is 12.3. The van der Waals surface area contributed by atoms with Gasteiger partial charge in [-0.1, -0.05) is 26.0 Å². The molecular formula is C13H20FN3. The minimum atomic E-state index is -0.178. The monoisotopic (exact) mass is 237 g/mol. The quantitative estimate of drug-likeness (QED) is 0.749. The van der Waals surface area contributed by atoms with Crippen LogP contribution in [-0.2, 0) is 0 Å². The molecule has 1 heterocycles. The molecule has 94 valence electrons. The van der Waals surface area contributed by atoms with Crippen molar-refractivity contribution in [3.8, 4) is 0 Å². The van der Waals surface area contributed by atoms with Crippen molar-refractivity contribution in [1.29, 1.82) is 0 Å². The van der Waals surface area contributed by atoms with Crippen LogP contribution in [-0.4, -0.2) is 12.7 Å². The van der Waals surface area contributed by atoms with Crippen molar-refractivity contribution < 1.29 is 4.39 Å². The second kappa shape index (κ2) is 5.58. The normalized spacial score (nSPS) is 24.5. The van der Waals surface area contributed by atoms with Crippen LogP contribution in [0, 0.1) is 11.7 Å². The highest BCUT2D eigenvalue weighted by Gasteiger charge is 2.24. The maximum absolute atomic E-state index is 13.1. The fraction of sp³-hybridized carbons (Fsp3) is 0.538. The minimum Gasteiger partial charge on any atom is -0.301 e. The molecule has 0 aliphatic carbocycles. The van der Waals surface area contributed by atoms with E-state index in [0.717, 1.165) is 18.5 Å². The summed E-state index contributed by atoms with van der Waals surface area (Å²) in [5.74, 6) is 0.452. The van der Waals surface area contributed by atoms with E-state index in [9.17, 15) is 4.39 Å². The van der Waals surface area contributed by atoms with E-state index in [4.69, 9.17) is 0 Å². The fourth-order valence-corrected chi connectivity index (χ4v) is 2.01. The average molecular weight is 237 g/mol. The first-order chi connectivity index (χ1) is 8.15. The Morgan fingerprint density at radius 2 is 2.24 bits per heavy atom. The van der Waals surface area contributed by atoms with Gasteiger partial charge in [-0.15, -0.1) is 0 Å². The van der Waals surface area contributed by atoms with Crippen LogP contribution in [0.3, 0.4) is 0 Å². The first-order valence-electron chi connectivity index (χ1n) is 6.15. The predicted molar refractivity (Wildman–Crippen MR) is 66.7 cm³/mol. The highest BCUT2D eigenvalue weighted by atomic mass is 19.1. The van der Waals surface area contributed by atoms with E-state index in [1.165, 1.54) is 6.07 Å². The molecule has 0 saturated carbocycles. The van der Waals surface area contributed by atoms with E-state index in [1.807, 2.05) is 6.07 Å². The van der Waals surface area contributed by atoms with Crippen LogP contribution < -0.4 is 16.2 Å². The van der Waals surface area contributed by atoms with Gasteiger partial charge in [-0.2, -0.15) is 0 Å². The van der Waals surface area contributed by atoms with Crippen molar-refractivity contribution in [3.05, 3.63) is 35.6 Å². The number of benzene rings is 1. The molecular weight excluding hydrogens is 217 g/mol. The maximum Gasteiger partial charge on any atom is 0.123 e. The lowest BCUT2D eigenvalue weighted by molar-refractivity contribution is 0.424. The fourth-order valence-electron chi connectivity index (χ4n) is 2.01. The van der Waals surface area contributed by atoms with Gasteiger partial charge >= 0.3 is 0 Å². The summed E-state index contributed by atoms with van der Waals surface area (Å²) < 4.78 is 13.1. The van der Waals surface area contributed by atoms with Crippen LogP contribution in [0.1, 0.15) is 31.9 Å². The Labute approximate surface area is 102 Å². The number of halogens is 1. The molecule has 2 atom stereocenters. The van der Waals surface area contributed by atoms with Crippen LogP contribution in [0.25, 0.3) is 0 Å². The van der Waals surface area contributed by atoms with Crippen molar-refractivity contribution in [3.63, 3.8) is 0 Å². The first-order valence-corrected chi connectivity index (χ1v) is 6.15. The summed E-state index contributed by atoms with van der Waals surface area (Å²) in [4.78, 5) is 0. The second-order valence-corrected chi connectivity index (χ2v) is 4.99. The number of hydrogen-bond acceptors (Lipinski definition) is 3. The summed E-state index contributed by atoms with van der Waals surface area (Å²) in [6, 6.07) is 6.94. The van der Waals surface area contributed by atoms with E-state index in [2.05, 4.69) is 30.0 Å². The Morgan fingerprint density at radius 3 is 2.94 bits per heavy atom. The van der Waals surface area contributed by atoms with Gasteiger partial charge in [0.05, 0.1) is 6.17 Å². The van der Waals surface area contributed by atoms with E-state index in [1.54, 1.807) is 12.1 Å². The van der Waals surface area contributed by atoms with Gasteiger partial charge in [-0.05, 0) is 36.6 Å². The van der Waals surface area contributed by atoms with E-state index < -0.39 is 0 Å². The standard InChI is InChI=1S/C13H20FN3/c1-9(2)8-15-13-7-12(16-17-13)10-4-3-5-11(14)6-10/h3-6,9,12-13,15-17H,7-8H2,1-2H3. The summed E-state index contributed by atoms with van der Waals surface area (Å²) in [7, 11) is 0. The average Bonchev–Trinajstić information content (AvgIpc) is 2.75. The highest BCUT2D eigenvalue weighted by molar-refractivity contribution is 5.21. The summed E-state index contributed by atoms with van der Waals surface area (Å²) in [6.07, 6.45) is 1.18. The molecule has 1 aliphatic rings. The summed E-state index contributed by atoms with van der Waals surface area (Å²) >= 11 is 0. The van der Waals surface area contributed by atoms with Crippen molar-refractivity contribution in [2.45, 2.75) is 32.5 Å². The molecule has 2 unspecified atom stereocenters. The molecule has 17 heavy (non-hydrogen) atoms. The summed E-state index contributed by atoms with van der Waals surface area (Å²) in [6.45, 7) is 5.34. The third kappa shape index (κ3) is 3.49. The molecule has 3 nitrogen and oxygen atoms in total. The number of hydrogen-bond donors (Lipinski definition) is 3. The highest BCUT2D eigenvalue weighted by Crippen LogP contribution is 2.21. The van der Waals surface area contributed by atoms with Crippen LogP contribution in [0.5, 0.6) is 0 Å². The zero-order valence-corrected chi connectivity index (χ0v) is 10.3. The van der Waals surface area contributed by atoms with Gasteiger partial charge in [-0.25, -0.2) is 15.2 Å². The molecule has 0 radical (unpaired) electrons. The van der Waals surface area contributed by atoms with E-state index >= 15 is 0 Å². The molecule has 1 aromatic rings. The maximum atomic E-state index is 13.1. The second-order valence-electron chi connectivity index (χ2n) is 4.99. The molecule has 1 saturated heterocycles. The number of rotatable bonds is 4. The molecule has 1 fully saturated rings. The Kier molecular flexibility index (Phi) is 4.10. The van der Waals surface area contributed by atoms with Gasteiger partial charge in [0.1, 0.15) is 5.82 Å². The smallest absolute Gasteiger partial charge is 0.123 e. The van der Waals surface area contributed by atoms with E-state index in [0.29, 0.717) is 5.92 Å². The van der Waals surface area contributed by atoms with Crippen molar-refractivity contribution in [2.24, 2.45) is 5.92 Å². The Balaban J connectivity index is 1.89. The third-order valence-electron chi connectivity index (χ3n) is 2.93. The molecule has 0 amide bonds. The molecule has 1 aliphatic heterocycles. The lowest BCUT2D eigenvalue weighted by atomic mass is 10.0. The van der Waals surface area contributed by atoms with Gasteiger partial charge < -0.3 is 5.32 Å². The van der Waals surface area contributed by atoms with Gasteiger partial charge in [0.25, 0.3) is 0 Å². The van der Waals surface area contributed by atoms with Crippen LogP contribution in [0.4, 0.5) is 4.39 Å². The Hall–Kier alpha value is -0.970. The van der Waals surface area contributed by atoms with Gasteiger partial charge in [0.15, 0.2) is 0 Å². The van der Waals surface area contributed by atoms with Crippen molar-refractivity contribution in [2.75, 3.05) is 6.54 Å². The van der Waals surface area contributed by atoms with Gasteiger partial charge in [0.2, 0.25) is 0 Å². The topological polar surface area (TPSA) is 36.1 Å². The SMILES string of the molecule is CC(C)CNC1CC(c2cccc(F)c2)NN1. The number of hydrazine groups is 1. The first kappa shape index (κ1) is 12.5. The van der Waals surface area contributed by atoms with Gasteiger partial charge in [-0.3, -0.25) is 0 Å². The lowest BCUT2D eigenvalue weighted by Gasteiger charge is -2.13. The molecule has 2 rings (SSSR count). The lowest BCUT2D eigenvalue weighted by Crippen LogP contribution is -2.42. The largest absolute Gasteiger partial charge is 0.301 e. The number of nitrogens with one attached hydrogen (secondary N) is 3. The predicted octanol–water partition coefficient (Wildman–Crippen LogP) is 1.94. The van der Waals surface area contributed by atoms with Gasteiger partial charge in [0, 0.05) is 6.04 Å². The van der Waals surface area contributed by atoms with Crippen LogP contribution in [0.15, 0.2) is 24.3 Å². The molecule has 0 spiro atoms. The van der Waals surface area contributed by atoms with Crippen LogP contribution >= 0.6 is 0 Å². The Morgan fingerprint density at radius 1 is 1.41 bits per heavy atom. The Bertz CT molecular complexity index is 367. The zero-order valence-electron chi connectivity index (χ0n) is 10.3. The molecule has 0 bridgehead atoms. The summed E-state index contributed by atoms with van der Waals surface area (Å²) in [5.41, 5.74) is 7.38. The molecule has 0 aromatic heterocycles. The molecule has 3 N–H and O–H groups in total. The van der Waals surface area contributed by atoms with E-state index in [-0.39, 0.29) is 18.0 Å².